The van der Waals surface area contributed by atoms with E-state index in [2.05, 4.69) is 4.90 Å². The zero-order valence-electron chi connectivity index (χ0n) is 9.71. The van der Waals surface area contributed by atoms with Crippen molar-refractivity contribution < 1.29 is 10.2 Å². The summed E-state index contributed by atoms with van der Waals surface area (Å²) in [6.07, 6.45) is 6.27. The van der Waals surface area contributed by atoms with Gasteiger partial charge in [-0.2, -0.15) is 0 Å². The molecule has 88 valence electrons. The molecule has 3 nitrogen and oxygen atoms in total. The first kappa shape index (κ1) is 11.4. The van der Waals surface area contributed by atoms with Crippen molar-refractivity contribution in [3.05, 3.63) is 0 Å². The van der Waals surface area contributed by atoms with Crippen LogP contribution in [0.2, 0.25) is 0 Å². The molecule has 0 aromatic rings. The standard InChI is InChI=1S/C12H23NO2/c1-2-11(14)8-13(9-11)10-12(15)6-4-3-5-7-12/h14-15H,2-10H2,1H3. The van der Waals surface area contributed by atoms with Gasteiger partial charge in [0.2, 0.25) is 0 Å². The van der Waals surface area contributed by atoms with Crippen LogP contribution in [0, 0.1) is 0 Å². The SMILES string of the molecule is CCC1(O)CN(CC2(O)CCCCC2)C1. The van der Waals surface area contributed by atoms with E-state index in [4.69, 9.17) is 0 Å². The van der Waals surface area contributed by atoms with Crippen LogP contribution in [-0.4, -0.2) is 45.9 Å². The van der Waals surface area contributed by atoms with Crippen LogP contribution in [0.15, 0.2) is 0 Å². The fourth-order valence-electron chi connectivity index (χ4n) is 2.91. The fourth-order valence-corrected chi connectivity index (χ4v) is 2.91. The number of nitrogens with zero attached hydrogens (tertiary/aromatic N) is 1. The van der Waals surface area contributed by atoms with Gasteiger partial charge in [-0.15, -0.1) is 0 Å². The first-order valence-electron chi connectivity index (χ1n) is 6.22. The predicted octanol–water partition coefficient (Wildman–Crippen LogP) is 1.14. The highest BCUT2D eigenvalue weighted by Gasteiger charge is 2.43. The first-order valence-corrected chi connectivity index (χ1v) is 6.22. The third-order valence-corrected chi connectivity index (χ3v) is 4.00. The van der Waals surface area contributed by atoms with Gasteiger partial charge in [0, 0.05) is 19.6 Å². The fraction of sp³-hybridized carbons (Fsp3) is 1.00. The zero-order chi connectivity index (χ0) is 10.9. The molecule has 1 aliphatic heterocycles. The molecule has 0 spiro atoms. The van der Waals surface area contributed by atoms with E-state index in [1.165, 1.54) is 6.42 Å². The minimum atomic E-state index is -0.467. The minimum Gasteiger partial charge on any atom is -0.389 e. The average Bonchev–Trinajstić information content (AvgIpc) is 2.16. The Labute approximate surface area is 92.1 Å². The van der Waals surface area contributed by atoms with Crippen LogP contribution in [0.25, 0.3) is 0 Å². The molecule has 0 aromatic heterocycles. The van der Waals surface area contributed by atoms with Gasteiger partial charge >= 0.3 is 0 Å². The van der Waals surface area contributed by atoms with Gasteiger partial charge in [-0.05, 0) is 19.3 Å². The molecule has 15 heavy (non-hydrogen) atoms. The van der Waals surface area contributed by atoms with Gasteiger partial charge in [-0.1, -0.05) is 26.2 Å². The molecule has 1 aliphatic carbocycles. The molecule has 3 heteroatoms. The first-order chi connectivity index (χ1) is 7.05. The van der Waals surface area contributed by atoms with E-state index in [9.17, 15) is 10.2 Å². The second kappa shape index (κ2) is 4.04. The zero-order valence-corrected chi connectivity index (χ0v) is 9.71. The number of hydrogen-bond donors (Lipinski definition) is 2. The molecule has 0 aromatic carbocycles. The van der Waals surface area contributed by atoms with Crippen LogP contribution in [0.4, 0.5) is 0 Å². The van der Waals surface area contributed by atoms with Crippen molar-refractivity contribution >= 4 is 0 Å². The highest BCUT2D eigenvalue weighted by molar-refractivity contribution is 4.98. The Balaban J connectivity index is 1.78. The van der Waals surface area contributed by atoms with E-state index in [0.717, 1.165) is 51.7 Å². The van der Waals surface area contributed by atoms with Crippen LogP contribution >= 0.6 is 0 Å². The molecule has 0 bridgehead atoms. The lowest BCUT2D eigenvalue weighted by molar-refractivity contribution is -0.132. The van der Waals surface area contributed by atoms with Crippen molar-refractivity contribution in [1.82, 2.24) is 4.90 Å². The van der Waals surface area contributed by atoms with Crippen LogP contribution in [0.5, 0.6) is 0 Å². The van der Waals surface area contributed by atoms with Crippen molar-refractivity contribution in [1.29, 1.82) is 0 Å². The molecular weight excluding hydrogens is 190 g/mol. The second-order valence-electron chi connectivity index (χ2n) is 5.51. The highest BCUT2D eigenvalue weighted by Crippen LogP contribution is 2.32. The summed E-state index contributed by atoms with van der Waals surface area (Å²) in [5.41, 5.74) is -0.932. The van der Waals surface area contributed by atoms with Gasteiger partial charge in [0.05, 0.1) is 11.2 Å². The topological polar surface area (TPSA) is 43.7 Å². The Hall–Kier alpha value is -0.120. The summed E-state index contributed by atoms with van der Waals surface area (Å²) in [5.74, 6) is 0. The van der Waals surface area contributed by atoms with Gasteiger partial charge in [0.1, 0.15) is 0 Å². The normalized spacial score (nSPS) is 29.8. The van der Waals surface area contributed by atoms with E-state index in [1.807, 2.05) is 6.92 Å². The summed E-state index contributed by atoms with van der Waals surface area (Å²) >= 11 is 0. The lowest BCUT2D eigenvalue weighted by Crippen LogP contribution is -2.64. The molecule has 0 atom stereocenters. The summed E-state index contributed by atoms with van der Waals surface area (Å²) in [6, 6.07) is 0. The maximum Gasteiger partial charge on any atom is 0.0897 e. The summed E-state index contributed by atoms with van der Waals surface area (Å²) < 4.78 is 0. The van der Waals surface area contributed by atoms with Gasteiger partial charge in [0.25, 0.3) is 0 Å². The molecule has 0 unspecified atom stereocenters. The number of rotatable bonds is 3. The lowest BCUT2D eigenvalue weighted by Gasteiger charge is -2.49. The average molecular weight is 213 g/mol. The minimum absolute atomic E-state index is 0.465. The molecule has 2 aliphatic rings. The summed E-state index contributed by atoms with van der Waals surface area (Å²) in [4.78, 5) is 2.19. The molecule has 2 fully saturated rings. The summed E-state index contributed by atoms with van der Waals surface area (Å²) in [6.45, 7) is 4.26. The van der Waals surface area contributed by atoms with Crippen molar-refractivity contribution in [2.75, 3.05) is 19.6 Å². The number of β-amino-alcohol motifs (C(OH)–C–C–N with tert-alkyl or cyclic N) is 2. The Bertz CT molecular complexity index is 218. The van der Waals surface area contributed by atoms with E-state index >= 15 is 0 Å². The highest BCUT2D eigenvalue weighted by atomic mass is 16.3. The molecule has 1 saturated heterocycles. The quantitative estimate of drug-likeness (QED) is 0.739. The molecule has 2 rings (SSSR count). The molecule has 1 saturated carbocycles. The molecular formula is C12H23NO2. The lowest BCUT2D eigenvalue weighted by atomic mass is 9.82. The van der Waals surface area contributed by atoms with Gasteiger partial charge in [0.15, 0.2) is 0 Å². The van der Waals surface area contributed by atoms with Crippen LogP contribution < -0.4 is 0 Å². The van der Waals surface area contributed by atoms with Crippen molar-refractivity contribution in [3.63, 3.8) is 0 Å². The second-order valence-corrected chi connectivity index (χ2v) is 5.51. The maximum atomic E-state index is 10.3. The van der Waals surface area contributed by atoms with Crippen LogP contribution in [0.3, 0.4) is 0 Å². The van der Waals surface area contributed by atoms with Crippen LogP contribution in [0.1, 0.15) is 45.4 Å². The molecule has 0 radical (unpaired) electrons. The smallest absolute Gasteiger partial charge is 0.0897 e. The number of aliphatic hydroxyl groups is 2. The van der Waals surface area contributed by atoms with Crippen molar-refractivity contribution in [2.45, 2.75) is 56.7 Å². The Kier molecular flexibility index (Phi) is 3.06. The number of likely N-dealkylation sites (tertiary alicyclic amines) is 1. The van der Waals surface area contributed by atoms with Crippen molar-refractivity contribution in [2.24, 2.45) is 0 Å². The largest absolute Gasteiger partial charge is 0.389 e. The van der Waals surface area contributed by atoms with Gasteiger partial charge in [-0.25, -0.2) is 0 Å². The monoisotopic (exact) mass is 213 g/mol. The van der Waals surface area contributed by atoms with E-state index < -0.39 is 11.2 Å². The Morgan fingerprint density at radius 1 is 1.00 bits per heavy atom. The van der Waals surface area contributed by atoms with Crippen LogP contribution in [-0.2, 0) is 0 Å². The molecule has 0 amide bonds. The number of hydrogen-bond acceptors (Lipinski definition) is 3. The van der Waals surface area contributed by atoms with E-state index in [0.29, 0.717) is 0 Å². The predicted molar refractivity (Wildman–Crippen MR) is 59.7 cm³/mol. The maximum absolute atomic E-state index is 10.3. The third kappa shape index (κ3) is 2.52. The summed E-state index contributed by atoms with van der Waals surface area (Å²) in [7, 11) is 0. The van der Waals surface area contributed by atoms with E-state index in [1.54, 1.807) is 0 Å². The Morgan fingerprint density at radius 2 is 1.60 bits per heavy atom. The molecule has 1 heterocycles. The van der Waals surface area contributed by atoms with Gasteiger partial charge < -0.3 is 10.2 Å². The van der Waals surface area contributed by atoms with E-state index in [-0.39, 0.29) is 0 Å². The molecule has 2 N–H and O–H groups in total. The third-order valence-electron chi connectivity index (χ3n) is 4.00. The Morgan fingerprint density at radius 3 is 2.13 bits per heavy atom. The van der Waals surface area contributed by atoms with Crippen molar-refractivity contribution in [3.8, 4) is 0 Å². The summed E-state index contributed by atoms with van der Waals surface area (Å²) in [5, 5.41) is 20.2. The van der Waals surface area contributed by atoms with Gasteiger partial charge in [-0.3, -0.25) is 4.90 Å².